The highest BCUT2D eigenvalue weighted by atomic mass is 32.2. The van der Waals surface area contributed by atoms with Gasteiger partial charge in [0.15, 0.2) is 0 Å². The normalized spacial score (nSPS) is 23.3. The van der Waals surface area contributed by atoms with E-state index in [0.29, 0.717) is 18.4 Å². The van der Waals surface area contributed by atoms with Crippen LogP contribution in [0.3, 0.4) is 0 Å². The van der Waals surface area contributed by atoms with Crippen LogP contribution < -0.4 is 0 Å². The lowest BCUT2D eigenvalue weighted by molar-refractivity contribution is -0.140. The number of carbonyl (C=O) groups is 1. The lowest BCUT2D eigenvalue weighted by Crippen LogP contribution is -2.44. The molecule has 0 bridgehead atoms. The third-order valence-corrected chi connectivity index (χ3v) is 5.94. The SMILES string of the molecule is CCc1ccc(CS(=O)(=O)N2[C@@H](C)CC[C@H]2C(=O)O)cc1. The van der Waals surface area contributed by atoms with Crippen molar-refractivity contribution in [1.29, 1.82) is 0 Å². The zero-order valence-electron chi connectivity index (χ0n) is 12.3. The first-order chi connectivity index (χ1) is 9.85. The Morgan fingerprint density at radius 2 is 1.81 bits per heavy atom. The number of rotatable bonds is 5. The van der Waals surface area contributed by atoms with Gasteiger partial charge in [-0.15, -0.1) is 0 Å². The zero-order chi connectivity index (χ0) is 15.6. The van der Waals surface area contributed by atoms with Crippen molar-refractivity contribution in [1.82, 2.24) is 4.31 Å². The van der Waals surface area contributed by atoms with Crippen LogP contribution in [0.4, 0.5) is 0 Å². The molecule has 1 fully saturated rings. The molecule has 0 aromatic heterocycles. The van der Waals surface area contributed by atoms with Crippen molar-refractivity contribution >= 4 is 16.0 Å². The first-order valence-electron chi connectivity index (χ1n) is 7.17. The second-order valence-electron chi connectivity index (χ2n) is 5.54. The van der Waals surface area contributed by atoms with Crippen molar-refractivity contribution in [3.8, 4) is 0 Å². The van der Waals surface area contributed by atoms with Gasteiger partial charge in [0, 0.05) is 6.04 Å². The molecular weight excluding hydrogens is 290 g/mol. The largest absolute Gasteiger partial charge is 0.480 e. The van der Waals surface area contributed by atoms with Gasteiger partial charge in [-0.05, 0) is 37.3 Å². The summed E-state index contributed by atoms with van der Waals surface area (Å²) in [4.78, 5) is 11.2. The van der Waals surface area contributed by atoms with Crippen molar-refractivity contribution in [2.45, 2.75) is 50.9 Å². The van der Waals surface area contributed by atoms with E-state index in [0.717, 1.165) is 12.0 Å². The van der Waals surface area contributed by atoms with Crippen molar-refractivity contribution in [3.05, 3.63) is 35.4 Å². The Morgan fingerprint density at radius 3 is 2.33 bits per heavy atom. The Kier molecular flexibility index (Phi) is 4.68. The monoisotopic (exact) mass is 311 g/mol. The molecule has 0 saturated carbocycles. The van der Waals surface area contributed by atoms with Gasteiger partial charge in [0.25, 0.3) is 0 Å². The van der Waals surface area contributed by atoms with Gasteiger partial charge in [-0.2, -0.15) is 4.31 Å². The Balaban J connectivity index is 2.22. The number of carboxylic acid groups (broad SMARTS) is 1. The molecule has 0 unspecified atom stereocenters. The lowest BCUT2D eigenvalue weighted by atomic mass is 10.1. The number of aliphatic carboxylic acids is 1. The highest BCUT2D eigenvalue weighted by molar-refractivity contribution is 7.88. The van der Waals surface area contributed by atoms with E-state index in [1.807, 2.05) is 19.1 Å². The molecule has 1 aliphatic heterocycles. The van der Waals surface area contributed by atoms with E-state index >= 15 is 0 Å². The van der Waals surface area contributed by atoms with Crippen LogP contribution in [0, 0.1) is 0 Å². The lowest BCUT2D eigenvalue weighted by Gasteiger charge is -2.25. The highest BCUT2D eigenvalue weighted by Gasteiger charge is 2.42. The number of hydrogen-bond acceptors (Lipinski definition) is 3. The maximum atomic E-state index is 12.5. The van der Waals surface area contributed by atoms with Crippen LogP contribution in [-0.2, 0) is 27.0 Å². The van der Waals surface area contributed by atoms with Crippen molar-refractivity contribution in [3.63, 3.8) is 0 Å². The summed E-state index contributed by atoms with van der Waals surface area (Å²) in [6.07, 6.45) is 1.87. The summed E-state index contributed by atoms with van der Waals surface area (Å²) in [5.41, 5.74) is 1.84. The zero-order valence-corrected chi connectivity index (χ0v) is 13.1. The molecule has 1 aromatic carbocycles. The number of sulfonamides is 1. The first-order valence-corrected chi connectivity index (χ1v) is 8.78. The van der Waals surface area contributed by atoms with Crippen LogP contribution in [0.15, 0.2) is 24.3 Å². The topological polar surface area (TPSA) is 74.7 Å². The third-order valence-electron chi connectivity index (χ3n) is 3.99. The molecule has 0 radical (unpaired) electrons. The minimum atomic E-state index is -3.62. The average Bonchev–Trinajstić information content (AvgIpc) is 2.82. The smallest absolute Gasteiger partial charge is 0.322 e. The molecule has 1 N–H and O–H groups in total. The van der Waals surface area contributed by atoms with Crippen molar-refractivity contribution < 1.29 is 18.3 Å². The highest BCUT2D eigenvalue weighted by Crippen LogP contribution is 2.29. The van der Waals surface area contributed by atoms with Crippen molar-refractivity contribution in [2.75, 3.05) is 0 Å². The van der Waals surface area contributed by atoms with Gasteiger partial charge >= 0.3 is 5.97 Å². The molecule has 2 rings (SSSR count). The summed E-state index contributed by atoms with van der Waals surface area (Å²) in [6, 6.07) is 6.23. The maximum absolute atomic E-state index is 12.5. The van der Waals surface area contributed by atoms with E-state index in [2.05, 4.69) is 0 Å². The number of carboxylic acids is 1. The number of hydrogen-bond donors (Lipinski definition) is 1. The van der Waals surface area contributed by atoms with Gasteiger partial charge < -0.3 is 5.11 Å². The number of aryl methyl sites for hydroxylation is 1. The predicted molar refractivity (Wildman–Crippen MR) is 80.4 cm³/mol. The molecule has 2 atom stereocenters. The van der Waals surface area contributed by atoms with E-state index in [9.17, 15) is 18.3 Å². The molecule has 1 saturated heterocycles. The molecule has 0 amide bonds. The Bertz CT molecular complexity index is 609. The molecule has 116 valence electrons. The minimum absolute atomic E-state index is 0.148. The minimum Gasteiger partial charge on any atom is -0.480 e. The quantitative estimate of drug-likeness (QED) is 0.902. The van der Waals surface area contributed by atoms with Crippen LogP contribution in [0.5, 0.6) is 0 Å². The Hall–Kier alpha value is -1.40. The molecule has 0 aliphatic carbocycles. The van der Waals surface area contributed by atoms with Gasteiger partial charge in [-0.25, -0.2) is 8.42 Å². The third kappa shape index (κ3) is 3.44. The fourth-order valence-corrected chi connectivity index (χ4v) is 4.82. The van der Waals surface area contributed by atoms with Crippen LogP contribution in [0.1, 0.15) is 37.8 Å². The fraction of sp³-hybridized carbons (Fsp3) is 0.533. The average molecular weight is 311 g/mol. The van der Waals surface area contributed by atoms with E-state index in [1.54, 1.807) is 19.1 Å². The summed E-state index contributed by atoms with van der Waals surface area (Å²) in [5.74, 6) is -1.21. The van der Waals surface area contributed by atoms with E-state index in [-0.39, 0.29) is 11.8 Å². The fourth-order valence-electron chi connectivity index (χ4n) is 2.82. The standard InChI is InChI=1S/C15H21NO4S/c1-3-12-5-7-13(8-6-12)10-21(19,20)16-11(2)4-9-14(16)15(17)18/h5-8,11,14H,3-4,9-10H2,1-2H3,(H,17,18)/t11-,14-/m0/s1. The van der Waals surface area contributed by atoms with Gasteiger partial charge in [-0.1, -0.05) is 31.2 Å². The van der Waals surface area contributed by atoms with Crippen molar-refractivity contribution in [2.24, 2.45) is 0 Å². The Morgan fingerprint density at radius 1 is 1.24 bits per heavy atom. The van der Waals surface area contributed by atoms with Crippen LogP contribution in [0.25, 0.3) is 0 Å². The molecule has 6 heteroatoms. The van der Waals surface area contributed by atoms with Gasteiger partial charge in [-0.3, -0.25) is 4.79 Å². The molecule has 0 spiro atoms. The molecular formula is C15H21NO4S. The molecule has 5 nitrogen and oxygen atoms in total. The molecule has 1 aromatic rings. The van der Waals surface area contributed by atoms with Crippen LogP contribution >= 0.6 is 0 Å². The van der Waals surface area contributed by atoms with Gasteiger partial charge in [0.2, 0.25) is 10.0 Å². The van der Waals surface area contributed by atoms with Crippen LogP contribution in [-0.4, -0.2) is 35.9 Å². The summed E-state index contributed by atoms with van der Waals surface area (Å²) in [7, 11) is -3.62. The van der Waals surface area contributed by atoms with E-state index in [1.165, 1.54) is 4.31 Å². The first kappa shape index (κ1) is 16.0. The Labute approximate surface area is 125 Å². The van der Waals surface area contributed by atoms with E-state index in [4.69, 9.17) is 0 Å². The predicted octanol–water partition coefficient (Wildman–Crippen LogP) is 2.02. The van der Waals surface area contributed by atoms with Gasteiger partial charge in [0.05, 0.1) is 5.75 Å². The van der Waals surface area contributed by atoms with Crippen LogP contribution in [0.2, 0.25) is 0 Å². The molecule has 1 heterocycles. The molecule has 21 heavy (non-hydrogen) atoms. The maximum Gasteiger partial charge on any atom is 0.322 e. The summed E-state index contributed by atoms with van der Waals surface area (Å²) < 4.78 is 26.3. The second kappa shape index (κ2) is 6.15. The number of nitrogens with zero attached hydrogens (tertiary/aromatic N) is 1. The summed E-state index contributed by atoms with van der Waals surface area (Å²) in [5, 5.41) is 9.19. The van der Waals surface area contributed by atoms with Gasteiger partial charge in [0.1, 0.15) is 6.04 Å². The molecule has 1 aliphatic rings. The van der Waals surface area contributed by atoms with E-state index < -0.39 is 22.0 Å². The summed E-state index contributed by atoms with van der Waals surface area (Å²) in [6.45, 7) is 3.80. The second-order valence-corrected chi connectivity index (χ2v) is 7.41. The number of benzene rings is 1. The summed E-state index contributed by atoms with van der Waals surface area (Å²) >= 11 is 0.